The third-order valence-corrected chi connectivity index (χ3v) is 4.91. The molecule has 1 heteroatoms. The van der Waals surface area contributed by atoms with Crippen molar-refractivity contribution in [2.24, 2.45) is 17.8 Å². The lowest BCUT2D eigenvalue weighted by molar-refractivity contribution is 0.299. The molecule has 0 saturated heterocycles. The smallest absolute Gasteiger partial charge is 0.00614 e. The zero-order valence-corrected chi connectivity index (χ0v) is 10.5. The first-order valence-electron chi connectivity index (χ1n) is 7.00. The van der Waals surface area contributed by atoms with E-state index in [2.05, 4.69) is 19.3 Å². The van der Waals surface area contributed by atoms with Crippen LogP contribution < -0.4 is 5.32 Å². The Balaban J connectivity index is 1.62. The van der Waals surface area contributed by atoms with Crippen molar-refractivity contribution in [1.82, 2.24) is 5.32 Å². The summed E-state index contributed by atoms with van der Waals surface area (Å²) >= 11 is 0. The first kappa shape index (κ1) is 11.4. The second kappa shape index (κ2) is 5.34. The van der Waals surface area contributed by atoms with Crippen LogP contribution >= 0.6 is 0 Å². The number of fused-ring (bicyclic) bond motifs is 2. The molecule has 0 aliphatic heterocycles. The highest BCUT2D eigenvalue weighted by molar-refractivity contribution is 4.89. The summed E-state index contributed by atoms with van der Waals surface area (Å²) in [6, 6.07) is 0.767. The summed E-state index contributed by atoms with van der Waals surface area (Å²) in [5.41, 5.74) is 0. The predicted molar refractivity (Wildman–Crippen MR) is 65.9 cm³/mol. The molecule has 2 aliphatic rings. The Bertz CT molecular complexity index is 186. The molecule has 2 aliphatic carbocycles. The third-order valence-electron chi connectivity index (χ3n) is 4.91. The van der Waals surface area contributed by atoms with E-state index in [4.69, 9.17) is 0 Å². The Labute approximate surface area is 95.0 Å². The fourth-order valence-electron chi connectivity index (χ4n) is 3.91. The number of hydrogen-bond acceptors (Lipinski definition) is 1. The van der Waals surface area contributed by atoms with E-state index in [-0.39, 0.29) is 0 Å². The van der Waals surface area contributed by atoms with Gasteiger partial charge in [0, 0.05) is 6.04 Å². The van der Waals surface area contributed by atoms with E-state index in [1.54, 1.807) is 25.7 Å². The average Bonchev–Trinajstić information content (AvgIpc) is 2.86. The van der Waals surface area contributed by atoms with E-state index in [0.29, 0.717) is 0 Å². The maximum absolute atomic E-state index is 3.41. The highest BCUT2D eigenvalue weighted by Gasteiger charge is 2.38. The van der Waals surface area contributed by atoms with Crippen LogP contribution in [0.1, 0.15) is 58.3 Å². The molecule has 0 aromatic carbocycles. The lowest BCUT2D eigenvalue weighted by Crippen LogP contribution is -2.24. The summed E-state index contributed by atoms with van der Waals surface area (Å²) in [6.07, 6.45) is 11.9. The summed E-state index contributed by atoms with van der Waals surface area (Å²) in [6.45, 7) is 2.29. The first-order valence-corrected chi connectivity index (χ1v) is 7.00. The van der Waals surface area contributed by atoms with Gasteiger partial charge in [0.05, 0.1) is 0 Å². The van der Waals surface area contributed by atoms with Crippen LogP contribution in [-0.2, 0) is 0 Å². The van der Waals surface area contributed by atoms with Crippen LogP contribution in [0.2, 0.25) is 0 Å². The molecule has 2 saturated carbocycles. The second-order valence-corrected chi connectivity index (χ2v) is 5.76. The summed E-state index contributed by atoms with van der Waals surface area (Å²) in [5, 5.41) is 3.41. The first-order chi connectivity index (χ1) is 7.33. The van der Waals surface area contributed by atoms with Gasteiger partial charge in [-0.3, -0.25) is 0 Å². The van der Waals surface area contributed by atoms with Crippen LogP contribution in [0.15, 0.2) is 0 Å². The molecule has 88 valence electrons. The Morgan fingerprint density at radius 3 is 2.67 bits per heavy atom. The Morgan fingerprint density at radius 1 is 1.27 bits per heavy atom. The molecule has 1 N–H and O–H groups in total. The molecule has 2 fully saturated rings. The van der Waals surface area contributed by atoms with Crippen LogP contribution in [0.3, 0.4) is 0 Å². The zero-order chi connectivity index (χ0) is 10.7. The molecule has 2 bridgehead atoms. The maximum Gasteiger partial charge on any atom is 0.00614 e. The van der Waals surface area contributed by atoms with Crippen LogP contribution in [0.5, 0.6) is 0 Å². The monoisotopic (exact) mass is 209 g/mol. The van der Waals surface area contributed by atoms with Gasteiger partial charge in [-0.05, 0) is 56.9 Å². The minimum absolute atomic E-state index is 0.767. The van der Waals surface area contributed by atoms with E-state index < -0.39 is 0 Å². The quantitative estimate of drug-likeness (QED) is 0.705. The van der Waals surface area contributed by atoms with Crippen molar-refractivity contribution in [1.29, 1.82) is 0 Å². The van der Waals surface area contributed by atoms with E-state index in [1.165, 1.54) is 25.7 Å². The molecule has 4 unspecified atom stereocenters. The normalized spacial score (nSPS) is 36.0. The summed E-state index contributed by atoms with van der Waals surface area (Å²) in [4.78, 5) is 0. The number of hydrogen-bond donors (Lipinski definition) is 1. The standard InChI is InChI=1S/C14H27N/c1-3-14(15-2)6-4-5-12-9-11-7-8-13(12)10-11/h11-15H,3-10H2,1-2H3. The Hall–Kier alpha value is -0.0400. The van der Waals surface area contributed by atoms with Crippen molar-refractivity contribution >= 4 is 0 Å². The largest absolute Gasteiger partial charge is 0.317 e. The van der Waals surface area contributed by atoms with Gasteiger partial charge < -0.3 is 5.32 Å². The van der Waals surface area contributed by atoms with Crippen molar-refractivity contribution in [2.45, 2.75) is 64.3 Å². The van der Waals surface area contributed by atoms with Crippen LogP contribution in [0.4, 0.5) is 0 Å². The molecular weight excluding hydrogens is 182 g/mol. The van der Waals surface area contributed by atoms with Gasteiger partial charge in [-0.25, -0.2) is 0 Å². The maximum atomic E-state index is 3.41. The topological polar surface area (TPSA) is 12.0 Å². The fraction of sp³-hybridized carbons (Fsp3) is 1.00. The van der Waals surface area contributed by atoms with E-state index in [0.717, 1.165) is 23.8 Å². The van der Waals surface area contributed by atoms with E-state index in [9.17, 15) is 0 Å². The van der Waals surface area contributed by atoms with Crippen molar-refractivity contribution < 1.29 is 0 Å². The second-order valence-electron chi connectivity index (χ2n) is 5.76. The van der Waals surface area contributed by atoms with E-state index in [1.807, 2.05) is 0 Å². The Morgan fingerprint density at radius 2 is 2.13 bits per heavy atom. The molecule has 0 aromatic heterocycles. The molecule has 0 spiro atoms. The van der Waals surface area contributed by atoms with Gasteiger partial charge >= 0.3 is 0 Å². The van der Waals surface area contributed by atoms with Crippen molar-refractivity contribution in [3.8, 4) is 0 Å². The van der Waals surface area contributed by atoms with Gasteiger partial charge in [0.2, 0.25) is 0 Å². The van der Waals surface area contributed by atoms with Crippen molar-refractivity contribution in [3.63, 3.8) is 0 Å². The molecule has 1 nitrogen and oxygen atoms in total. The molecular formula is C14H27N. The molecule has 0 aromatic rings. The lowest BCUT2D eigenvalue weighted by atomic mass is 9.85. The SMILES string of the molecule is CCC(CCCC1CC2CCC1C2)NC. The van der Waals surface area contributed by atoms with Gasteiger partial charge in [-0.2, -0.15) is 0 Å². The van der Waals surface area contributed by atoms with Gasteiger partial charge in [-0.1, -0.05) is 26.2 Å². The highest BCUT2D eigenvalue weighted by Crippen LogP contribution is 2.49. The van der Waals surface area contributed by atoms with Crippen LogP contribution in [0.25, 0.3) is 0 Å². The van der Waals surface area contributed by atoms with Crippen molar-refractivity contribution in [2.75, 3.05) is 7.05 Å². The van der Waals surface area contributed by atoms with Gasteiger partial charge in [-0.15, -0.1) is 0 Å². The molecule has 0 radical (unpaired) electrons. The highest BCUT2D eigenvalue weighted by atomic mass is 14.9. The molecule has 0 heterocycles. The molecule has 0 amide bonds. The predicted octanol–water partition coefficient (Wildman–Crippen LogP) is 3.59. The summed E-state index contributed by atoms with van der Waals surface area (Å²) in [7, 11) is 2.10. The lowest BCUT2D eigenvalue weighted by Gasteiger charge is -2.22. The Kier molecular flexibility index (Phi) is 4.07. The van der Waals surface area contributed by atoms with Crippen LogP contribution in [0, 0.1) is 17.8 Å². The number of rotatable bonds is 6. The fourth-order valence-corrected chi connectivity index (χ4v) is 3.91. The van der Waals surface area contributed by atoms with Gasteiger partial charge in [0.15, 0.2) is 0 Å². The molecule has 2 rings (SSSR count). The van der Waals surface area contributed by atoms with Crippen LogP contribution in [-0.4, -0.2) is 13.1 Å². The van der Waals surface area contributed by atoms with Gasteiger partial charge in [0.1, 0.15) is 0 Å². The minimum Gasteiger partial charge on any atom is -0.317 e. The molecule has 4 atom stereocenters. The van der Waals surface area contributed by atoms with Crippen molar-refractivity contribution in [3.05, 3.63) is 0 Å². The summed E-state index contributed by atoms with van der Waals surface area (Å²) < 4.78 is 0. The average molecular weight is 209 g/mol. The molecule has 15 heavy (non-hydrogen) atoms. The summed E-state index contributed by atoms with van der Waals surface area (Å²) in [5.74, 6) is 3.37. The van der Waals surface area contributed by atoms with E-state index >= 15 is 0 Å². The zero-order valence-electron chi connectivity index (χ0n) is 10.5. The minimum atomic E-state index is 0.767. The third kappa shape index (κ3) is 2.75. The van der Waals surface area contributed by atoms with Gasteiger partial charge in [0.25, 0.3) is 0 Å². The number of nitrogens with one attached hydrogen (secondary N) is 1.